The normalized spacial score (nSPS) is 13.6. The number of amides is 1. The summed E-state index contributed by atoms with van der Waals surface area (Å²) in [6.45, 7) is 3.56. The topological polar surface area (TPSA) is 43.8 Å². The van der Waals surface area contributed by atoms with Crippen molar-refractivity contribution in [2.75, 3.05) is 11.4 Å². The van der Waals surface area contributed by atoms with Gasteiger partial charge in [0.05, 0.1) is 6.54 Å². The molecule has 4 heteroatoms. The highest BCUT2D eigenvalue weighted by Crippen LogP contribution is 2.29. The van der Waals surface area contributed by atoms with E-state index >= 15 is 0 Å². The van der Waals surface area contributed by atoms with Crippen LogP contribution >= 0.6 is 0 Å². The van der Waals surface area contributed by atoms with Crippen molar-refractivity contribution in [2.45, 2.75) is 32.9 Å². The summed E-state index contributed by atoms with van der Waals surface area (Å²) in [6, 6.07) is 16.7. The summed E-state index contributed by atoms with van der Waals surface area (Å²) in [5.74, 6) is -0.339. The second-order valence-corrected chi connectivity index (χ2v) is 6.05. The molecule has 0 radical (unpaired) electrons. The van der Waals surface area contributed by atoms with Crippen molar-refractivity contribution in [3.05, 3.63) is 65.2 Å². The highest BCUT2D eigenvalue weighted by Gasteiger charge is 2.18. The van der Waals surface area contributed by atoms with E-state index in [-0.39, 0.29) is 12.5 Å². The Balaban J connectivity index is 1.78. The molecule has 0 saturated carbocycles. The third-order valence-corrected chi connectivity index (χ3v) is 4.27. The molecule has 0 saturated heterocycles. The Labute approximate surface area is 136 Å². The number of carbonyl (C=O) groups excluding carboxylic acids is 1. The molecule has 1 N–H and O–H groups in total. The first-order valence-corrected chi connectivity index (χ1v) is 8.01. The zero-order valence-electron chi connectivity index (χ0n) is 13.4. The van der Waals surface area contributed by atoms with Gasteiger partial charge in [0.2, 0.25) is 5.91 Å². The molecule has 23 heavy (non-hydrogen) atoms. The quantitative estimate of drug-likeness (QED) is 0.695. The Hall–Kier alpha value is -2.33. The number of fused-ring (bicyclic) bond motifs is 1. The van der Waals surface area contributed by atoms with Gasteiger partial charge in [-0.2, -0.15) is 0 Å². The van der Waals surface area contributed by atoms with Gasteiger partial charge >= 0.3 is 0 Å². The molecule has 2 aromatic rings. The maximum atomic E-state index is 11.2. The number of anilines is 1. The van der Waals surface area contributed by atoms with Crippen LogP contribution in [0.15, 0.2) is 48.5 Å². The van der Waals surface area contributed by atoms with Gasteiger partial charge in [0.15, 0.2) is 0 Å². The van der Waals surface area contributed by atoms with Gasteiger partial charge in [-0.05, 0) is 35.6 Å². The molecule has 1 heterocycles. The number of hydroxylamine groups is 2. The van der Waals surface area contributed by atoms with E-state index in [0.29, 0.717) is 0 Å². The van der Waals surface area contributed by atoms with Crippen LogP contribution in [0.4, 0.5) is 5.69 Å². The summed E-state index contributed by atoms with van der Waals surface area (Å²) < 4.78 is 0. The number of aryl methyl sites for hydroxylation is 1. The molecule has 2 aromatic carbocycles. The molecular weight excluding hydrogens is 288 g/mol. The van der Waals surface area contributed by atoms with E-state index < -0.39 is 0 Å². The molecule has 1 aliphatic rings. The zero-order chi connectivity index (χ0) is 16.2. The van der Waals surface area contributed by atoms with E-state index in [1.807, 2.05) is 12.1 Å². The maximum Gasteiger partial charge on any atom is 0.243 e. The molecule has 1 amide bonds. The van der Waals surface area contributed by atoms with E-state index in [2.05, 4.69) is 41.3 Å². The van der Waals surface area contributed by atoms with E-state index in [0.717, 1.165) is 36.6 Å². The summed E-state index contributed by atoms with van der Waals surface area (Å²) in [5, 5.41) is 10.4. The lowest BCUT2D eigenvalue weighted by atomic mass is 9.98. The molecule has 3 rings (SSSR count). The first kappa shape index (κ1) is 15.6. The molecule has 0 atom stereocenters. The summed E-state index contributed by atoms with van der Waals surface area (Å²) >= 11 is 0. The maximum absolute atomic E-state index is 11.2. The third-order valence-electron chi connectivity index (χ3n) is 4.27. The van der Waals surface area contributed by atoms with Crippen LogP contribution in [-0.4, -0.2) is 22.7 Å². The summed E-state index contributed by atoms with van der Waals surface area (Å²) in [7, 11) is 0. The smallest absolute Gasteiger partial charge is 0.243 e. The van der Waals surface area contributed by atoms with E-state index in [1.54, 1.807) is 0 Å². The Kier molecular flexibility index (Phi) is 4.63. The van der Waals surface area contributed by atoms with Gasteiger partial charge in [0.1, 0.15) is 0 Å². The molecular formula is C19H22N2O2. The van der Waals surface area contributed by atoms with Gasteiger partial charge in [-0.15, -0.1) is 0 Å². The van der Waals surface area contributed by atoms with Crippen molar-refractivity contribution in [1.29, 1.82) is 0 Å². The summed E-state index contributed by atoms with van der Waals surface area (Å²) in [6.07, 6.45) is 2.17. The van der Waals surface area contributed by atoms with Gasteiger partial charge in [-0.3, -0.25) is 10.0 Å². The largest absolute Gasteiger partial charge is 0.367 e. The Morgan fingerprint density at radius 1 is 1.17 bits per heavy atom. The third kappa shape index (κ3) is 3.71. The minimum absolute atomic E-state index is 0.237. The van der Waals surface area contributed by atoms with Crippen LogP contribution in [0, 0.1) is 0 Å². The lowest BCUT2D eigenvalue weighted by Gasteiger charge is -2.32. The zero-order valence-corrected chi connectivity index (χ0v) is 13.4. The van der Waals surface area contributed by atoms with Crippen LogP contribution in [0.3, 0.4) is 0 Å². The second kappa shape index (κ2) is 6.84. The first-order chi connectivity index (χ1) is 11.1. The van der Waals surface area contributed by atoms with Gasteiger partial charge in [-0.25, -0.2) is 5.06 Å². The molecule has 0 aliphatic carbocycles. The minimum atomic E-state index is -0.339. The van der Waals surface area contributed by atoms with Crippen LogP contribution < -0.4 is 4.90 Å². The molecule has 0 aromatic heterocycles. The van der Waals surface area contributed by atoms with Gasteiger partial charge in [0, 0.05) is 25.7 Å². The van der Waals surface area contributed by atoms with Crippen LogP contribution in [-0.2, 0) is 24.3 Å². The second-order valence-electron chi connectivity index (χ2n) is 6.05. The van der Waals surface area contributed by atoms with Crippen molar-refractivity contribution in [3.63, 3.8) is 0 Å². The fraction of sp³-hybridized carbons (Fsp3) is 0.316. The number of hydrogen-bond acceptors (Lipinski definition) is 3. The van der Waals surface area contributed by atoms with Gasteiger partial charge in [-0.1, -0.05) is 42.5 Å². The average molecular weight is 310 g/mol. The van der Waals surface area contributed by atoms with Crippen molar-refractivity contribution >= 4 is 11.6 Å². The Bertz CT molecular complexity index is 685. The predicted molar refractivity (Wildman–Crippen MR) is 90.3 cm³/mol. The Morgan fingerprint density at radius 3 is 2.70 bits per heavy atom. The van der Waals surface area contributed by atoms with Crippen molar-refractivity contribution in [3.8, 4) is 0 Å². The highest BCUT2D eigenvalue weighted by atomic mass is 16.5. The monoisotopic (exact) mass is 310 g/mol. The van der Waals surface area contributed by atoms with E-state index in [4.69, 9.17) is 0 Å². The number of carbonyl (C=O) groups is 1. The van der Waals surface area contributed by atoms with E-state index in [1.165, 1.54) is 23.7 Å². The Morgan fingerprint density at radius 2 is 1.96 bits per heavy atom. The highest BCUT2D eigenvalue weighted by molar-refractivity contribution is 5.71. The lowest BCUT2D eigenvalue weighted by molar-refractivity contribution is -0.165. The number of nitrogens with zero attached hydrogens (tertiary/aromatic N) is 2. The van der Waals surface area contributed by atoms with Crippen molar-refractivity contribution in [2.24, 2.45) is 0 Å². The fourth-order valence-electron chi connectivity index (χ4n) is 3.08. The first-order valence-electron chi connectivity index (χ1n) is 8.01. The lowest BCUT2D eigenvalue weighted by Crippen LogP contribution is -2.29. The molecule has 120 valence electrons. The predicted octanol–water partition coefficient (Wildman–Crippen LogP) is 3.38. The van der Waals surface area contributed by atoms with Crippen LogP contribution in [0.2, 0.25) is 0 Å². The molecule has 0 bridgehead atoms. The van der Waals surface area contributed by atoms with Crippen molar-refractivity contribution < 1.29 is 10.0 Å². The number of rotatable bonds is 4. The summed E-state index contributed by atoms with van der Waals surface area (Å²) in [4.78, 5) is 13.6. The molecule has 0 unspecified atom stereocenters. The van der Waals surface area contributed by atoms with Crippen LogP contribution in [0.5, 0.6) is 0 Å². The minimum Gasteiger partial charge on any atom is -0.367 e. The molecule has 4 nitrogen and oxygen atoms in total. The van der Waals surface area contributed by atoms with Crippen molar-refractivity contribution in [1.82, 2.24) is 5.06 Å². The van der Waals surface area contributed by atoms with E-state index in [9.17, 15) is 10.0 Å². The average Bonchev–Trinajstić information content (AvgIpc) is 2.56. The molecule has 0 spiro atoms. The SMILES string of the molecule is CC(=O)N(O)Cc1ccc2c(c1)CCCN2Cc1ccccc1. The fourth-order valence-corrected chi connectivity index (χ4v) is 3.08. The summed E-state index contributed by atoms with van der Waals surface area (Å²) in [5.41, 5.74) is 4.82. The van der Waals surface area contributed by atoms with Crippen LogP contribution in [0.1, 0.15) is 30.0 Å². The van der Waals surface area contributed by atoms with Gasteiger partial charge in [0.25, 0.3) is 0 Å². The number of hydrogen-bond donors (Lipinski definition) is 1. The molecule has 0 fully saturated rings. The van der Waals surface area contributed by atoms with Crippen LogP contribution in [0.25, 0.3) is 0 Å². The molecule has 1 aliphatic heterocycles. The number of benzene rings is 2. The standard InChI is InChI=1S/C19H22N2O2/c1-15(22)21(23)14-17-9-10-19-18(12-17)8-5-11-20(19)13-16-6-3-2-4-7-16/h2-4,6-7,9-10,12,23H,5,8,11,13-14H2,1H3. The van der Waals surface area contributed by atoms with Gasteiger partial charge < -0.3 is 4.90 Å².